The van der Waals surface area contributed by atoms with Gasteiger partial charge in [-0.15, -0.1) is 0 Å². The van der Waals surface area contributed by atoms with Crippen molar-refractivity contribution in [3.05, 3.63) is 0 Å². The molecular weight excluding hydrogens is 206 g/mol. The zero-order valence-electron chi connectivity index (χ0n) is 10.6. The van der Waals surface area contributed by atoms with Crippen LogP contribution >= 0.6 is 0 Å². The maximum absolute atomic E-state index is 11.8. The van der Waals surface area contributed by atoms with Crippen LogP contribution in [-0.2, 0) is 14.3 Å². The zero-order chi connectivity index (χ0) is 12.3. The Hall–Kier alpha value is -1.06. The number of hydrogen-bond donors (Lipinski definition) is 0. The molecule has 0 aromatic heterocycles. The van der Waals surface area contributed by atoms with Gasteiger partial charge in [0.05, 0.1) is 6.61 Å². The molecule has 16 heavy (non-hydrogen) atoms. The summed E-state index contributed by atoms with van der Waals surface area (Å²) in [5.41, 5.74) is -0.249. The molecule has 1 amide bonds. The third-order valence-corrected chi connectivity index (χ3v) is 3.13. The van der Waals surface area contributed by atoms with Gasteiger partial charge in [0.15, 0.2) is 0 Å². The first-order valence-corrected chi connectivity index (χ1v) is 5.86. The van der Waals surface area contributed by atoms with Gasteiger partial charge in [-0.05, 0) is 40.0 Å². The largest absolute Gasteiger partial charge is 0.464 e. The van der Waals surface area contributed by atoms with E-state index in [1.807, 2.05) is 13.8 Å². The van der Waals surface area contributed by atoms with Crippen molar-refractivity contribution < 1.29 is 14.3 Å². The number of esters is 1. The lowest BCUT2D eigenvalue weighted by atomic mass is 9.86. The van der Waals surface area contributed by atoms with Crippen LogP contribution in [0.1, 0.15) is 47.0 Å². The normalized spacial score (nSPS) is 24.0. The Morgan fingerprint density at radius 2 is 2.06 bits per heavy atom. The van der Waals surface area contributed by atoms with Gasteiger partial charge in [0.2, 0.25) is 5.91 Å². The Morgan fingerprint density at radius 3 is 2.56 bits per heavy atom. The predicted molar refractivity (Wildman–Crippen MR) is 60.9 cm³/mol. The lowest BCUT2D eigenvalue weighted by Gasteiger charge is -2.46. The monoisotopic (exact) mass is 227 g/mol. The highest BCUT2D eigenvalue weighted by atomic mass is 16.5. The summed E-state index contributed by atoms with van der Waals surface area (Å²) in [5.74, 6) is -0.326. The van der Waals surface area contributed by atoms with Crippen LogP contribution < -0.4 is 0 Å². The fourth-order valence-electron chi connectivity index (χ4n) is 2.51. The first-order chi connectivity index (χ1) is 7.40. The number of carbonyl (C=O) groups excluding carboxylic acids is 2. The van der Waals surface area contributed by atoms with Crippen molar-refractivity contribution >= 4 is 11.9 Å². The molecule has 0 aromatic carbocycles. The Morgan fingerprint density at radius 1 is 1.44 bits per heavy atom. The lowest BCUT2D eigenvalue weighted by Crippen LogP contribution is -2.58. The second-order valence-corrected chi connectivity index (χ2v) is 4.86. The van der Waals surface area contributed by atoms with Gasteiger partial charge in [-0.3, -0.25) is 4.79 Å². The quantitative estimate of drug-likeness (QED) is 0.675. The molecule has 0 aromatic rings. The highest BCUT2D eigenvalue weighted by Gasteiger charge is 2.41. The minimum Gasteiger partial charge on any atom is -0.464 e. The molecule has 1 saturated heterocycles. The second kappa shape index (κ2) is 4.85. The van der Waals surface area contributed by atoms with Gasteiger partial charge >= 0.3 is 5.97 Å². The number of carbonyl (C=O) groups is 2. The molecular formula is C12H21NO3. The molecule has 4 nitrogen and oxygen atoms in total. The highest BCUT2D eigenvalue weighted by Crippen LogP contribution is 2.32. The van der Waals surface area contributed by atoms with E-state index in [1.165, 1.54) is 6.92 Å². The summed E-state index contributed by atoms with van der Waals surface area (Å²) < 4.78 is 5.02. The van der Waals surface area contributed by atoms with E-state index in [0.29, 0.717) is 13.0 Å². The Bertz CT molecular complexity index is 286. The van der Waals surface area contributed by atoms with E-state index in [1.54, 1.807) is 11.8 Å². The molecule has 4 heteroatoms. The summed E-state index contributed by atoms with van der Waals surface area (Å²) in [7, 11) is 0. The van der Waals surface area contributed by atoms with Crippen LogP contribution in [0.4, 0.5) is 0 Å². The summed E-state index contributed by atoms with van der Waals surface area (Å²) in [6, 6.07) is -0.402. The third-order valence-electron chi connectivity index (χ3n) is 3.13. The predicted octanol–water partition coefficient (Wildman–Crippen LogP) is 1.73. The van der Waals surface area contributed by atoms with E-state index >= 15 is 0 Å². The fraction of sp³-hybridized carbons (Fsp3) is 0.833. The van der Waals surface area contributed by atoms with Crippen molar-refractivity contribution in [2.75, 3.05) is 6.61 Å². The maximum Gasteiger partial charge on any atom is 0.328 e. The molecule has 92 valence electrons. The van der Waals surface area contributed by atoms with Gasteiger partial charge in [0.25, 0.3) is 0 Å². The van der Waals surface area contributed by atoms with Crippen LogP contribution in [0.25, 0.3) is 0 Å². The molecule has 1 unspecified atom stereocenters. The van der Waals surface area contributed by atoms with Crippen LogP contribution in [0.5, 0.6) is 0 Å². The molecule has 1 atom stereocenters. The Kier molecular flexibility index (Phi) is 3.94. The Labute approximate surface area is 96.9 Å². The second-order valence-electron chi connectivity index (χ2n) is 4.86. The van der Waals surface area contributed by atoms with Gasteiger partial charge in [-0.2, -0.15) is 0 Å². The number of rotatable bonds is 2. The van der Waals surface area contributed by atoms with Crippen LogP contribution in [0, 0.1) is 0 Å². The molecule has 1 heterocycles. The average molecular weight is 227 g/mol. The van der Waals surface area contributed by atoms with Crippen molar-refractivity contribution in [3.63, 3.8) is 0 Å². The number of likely N-dealkylation sites (tertiary alicyclic amines) is 1. The molecule has 0 radical (unpaired) electrons. The summed E-state index contributed by atoms with van der Waals surface area (Å²) in [5, 5.41) is 0. The smallest absolute Gasteiger partial charge is 0.328 e. The summed E-state index contributed by atoms with van der Waals surface area (Å²) >= 11 is 0. The molecule has 1 rings (SSSR count). The van der Waals surface area contributed by atoms with Crippen LogP contribution in [-0.4, -0.2) is 35.0 Å². The first kappa shape index (κ1) is 13.0. The van der Waals surface area contributed by atoms with Gasteiger partial charge in [-0.25, -0.2) is 4.79 Å². The van der Waals surface area contributed by atoms with Gasteiger partial charge in [-0.1, -0.05) is 0 Å². The van der Waals surface area contributed by atoms with Gasteiger partial charge in [0, 0.05) is 12.5 Å². The van der Waals surface area contributed by atoms with E-state index < -0.39 is 6.04 Å². The van der Waals surface area contributed by atoms with Crippen LogP contribution in [0.2, 0.25) is 0 Å². The standard InChI is InChI=1S/C12H21NO3/c1-5-16-11(15)10-7-6-8-12(3,4)13(10)9(2)14/h10H,5-8H2,1-4H3. The molecule has 0 bridgehead atoms. The van der Waals surface area contributed by atoms with Gasteiger partial charge < -0.3 is 9.64 Å². The van der Waals surface area contributed by atoms with E-state index in [0.717, 1.165) is 12.8 Å². The fourth-order valence-corrected chi connectivity index (χ4v) is 2.51. The van der Waals surface area contributed by atoms with E-state index in [-0.39, 0.29) is 17.4 Å². The number of amides is 1. The minimum atomic E-state index is -0.402. The molecule has 0 spiro atoms. The first-order valence-electron chi connectivity index (χ1n) is 5.86. The average Bonchev–Trinajstić information content (AvgIpc) is 2.15. The lowest BCUT2D eigenvalue weighted by molar-refractivity contribution is -0.162. The number of hydrogen-bond acceptors (Lipinski definition) is 3. The zero-order valence-corrected chi connectivity index (χ0v) is 10.6. The van der Waals surface area contributed by atoms with E-state index in [2.05, 4.69) is 0 Å². The summed E-state index contributed by atoms with van der Waals surface area (Å²) in [6.07, 6.45) is 2.60. The summed E-state index contributed by atoms with van der Waals surface area (Å²) in [4.78, 5) is 25.1. The van der Waals surface area contributed by atoms with E-state index in [9.17, 15) is 9.59 Å². The van der Waals surface area contributed by atoms with Crippen molar-refractivity contribution in [1.29, 1.82) is 0 Å². The SMILES string of the molecule is CCOC(=O)C1CCCC(C)(C)N1C(C)=O. The maximum atomic E-state index is 11.8. The topological polar surface area (TPSA) is 46.6 Å². The number of nitrogens with zero attached hydrogens (tertiary/aromatic N) is 1. The van der Waals surface area contributed by atoms with Crippen molar-refractivity contribution in [2.45, 2.75) is 58.5 Å². The van der Waals surface area contributed by atoms with Crippen molar-refractivity contribution in [2.24, 2.45) is 0 Å². The molecule has 0 N–H and O–H groups in total. The van der Waals surface area contributed by atoms with Crippen molar-refractivity contribution in [1.82, 2.24) is 4.90 Å². The molecule has 1 fully saturated rings. The molecule has 1 aliphatic rings. The summed E-state index contributed by atoms with van der Waals surface area (Å²) in [6.45, 7) is 7.66. The highest BCUT2D eigenvalue weighted by molar-refractivity contribution is 5.84. The van der Waals surface area contributed by atoms with Gasteiger partial charge in [0.1, 0.15) is 6.04 Å². The molecule has 0 saturated carbocycles. The Balaban J connectivity index is 2.89. The van der Waals surface area contributed by atoms with Crippen LogP contribution in [0.15, 0.2) is 0 Å². The molecule has 1 aliphatic heterocycles. The van der Waals surface area contributed by atoms with Crippen molar-refractivity contribution in [3.8, 4) is 0 Å². The molecule has 0 aliphatic carbocycles. The van der Waals surface area contributed by atoms with E-state index in [4.69, 9.17) is 4.74 Å². The third kappa shape index (κ3) is 2.54. The minimum absolute atomic E-state index is 0.0530. The number of piperidine rings is 1. The van der Waals surface area contributed by atoms with Crippen LogP contribution in [0.3, 0.4) is 0 Å². The number of ether oxygens (including phenoxy) is 1.